The van der Waals surface area contributed by atoms with E-state index in [0.717, 1.165) is 29.8 Å². The third-order valence-electron chi connectivity index (χ3n) is 5.73. The topological polar surface area (TPSA) is 55.9 Å². The summed E-state index contributed by atoms with van der Waals surface area (Å²) in [4.78, 5) is -0.187. The number of aryl methyl sites for hydroxylation is 1. The molecule has 3 aromatic rings. The summed E-state index contributed by atoms with van der Waals surface area (Å²) in [5.41, 5.74) is -2.80. The summed E-state index contributed by atoms with van der Waals surface area (Å²) in [6.07, 6.45) is -7.60. The molecule has 0 saturated carbocycles. The Kier molecular flexibility index (Phi) is 6.03. The first-order valence-corrected chi connectivity index (χ1v) is 11.6. The van der Waals surface area contributed by atoms with Gasteiger partial charge in [0.2, 0.25) is 0 Å². The number of alkyl halides is 3. The van der Waals surface area contributed by atoms with Crippen LogP contribution >= 0.6 is 0 Å². The first-order valence-electron chi connectivity index (χ1n) is 10.2. The second-order valence-electron chi connectivity index (χ2n) is 8.01. The van der Waals surface area contributed by atoms with Crippen molar-refractivity contribution in [1.29, 1.82) is 0 Å². The molecule has 1 aliphatic heterocycles. The first-order chi connectivity index (χ1) is 15.9. The van der Waals surface area contributed by atoms with Crippen LogP contribution in [0, 0.1) is 18.6 Å². The molecular weight excluding hydrogens is 479 g/mol. The van der Waals surface area contributed by atoms with Crippen LogP contribution in [0.5, 0.6) is 0 Å². The van der Waals surface area contributed by atoms with Crippen LogP contribution in [-0.4, -0.2) is 14.5 Å². The van der Waals surface area contributed by atoms with Crippen LogP contribution in [0.3, 0.4) is 0 Å². The zero-order valence-electron chi connectivity index (χ0n) is 17.9. The van der Waals surface area contributed by atoms with Gasteiger partial charge in [-0.2, -0.15) is 21.6 Å². The van der Waals surface area contributed by atoms with E-state index in [-0.39, 0.29) is 16.0 Å². The number of ether oxygens (including phenoxy) is 1. The van der Waals surface area contributed by atoms with Gasteiger partial charge in [-0.15, -0.1) is 0 Å². The Morgan fingerprint density at radius 2 is 1.65 bits per heavy atom. The standard InChI is InChI=1S/C24H19F5O4S/c1-14-7-10-17(11-8-14)34(30,31)33-15(2)23(20-12-9-16(25)13-21(20)26)22(32-23)18-5-3-4-6-19(18)24(27,28)29/h3-13,15,22H,1-2H3. The SMILES string of the molecule is Cc1ccc(S(=O)(=O)OC(C)C2(c3ccc(F)cc3F)OC2c2ccccc2C(F)(F)F)cc1. The van der Waals surface area contributed by atoms with Crippen LogP contribution < -0.4 is 0 Å². The van der Waals surface area contributed by atoms with Crippen molar-refractivity contribution < 1.29 is 39.3 Å². The smallest absolute Gasteiger partial charge is 0.353 e. The molecule has 0 aliphatic carbocycles. The lowest BCUT2D eigenvalue weighted by atomic mass is 9.86. The van der Waals surface area contributed by atoms with E-state index in [1.54, 1.807) is 19.1 Å². The third kappa shape index (κ3) is 4.33. The van der Waals surface area contributed by atoms with Crippen molar-refractivity contribution in [1.82, 2.24) is 0 Å². The molecule has 3 aromatic carbocycles. The molecule has 3 atom stereocenters. The van der Waals surface area contributed by atoms with Crippen LogP contribution in [0.4, 0.5) is 22.0 Å². The molecule has 0 spiro atoms. The predicted molar refractivity (Wildman–Crippen MR) is 112 cm³/mol. The average Bonchev–Trinajstić information content (AvgIpc) is 3.50. The van der Waals surface area contributed by atoms with Gasteiger partial charge in [-0.1, -0.05) is 42.0 Å². The average molecular weight is 498 g/mol. The molecule has 10 heteroatoms. The highest BCUT2D eigenvalue weighted by Crippen LogP contribution is 2.62. The number of epoxide rings is 1. The summed E-state index contributed by atoms with van der Waals surface area (Å²) in [5, 5.41) is 0. The second-order valence-corrected chi connectivity index (χ2v) is 9.58. The van der Waals surface area contributed by atoms with Gasteiger partial charge in [0.15, 0.2) is 5.60 Å². The molecule has 1 aliphatic rings. The Morgan fingerprint density at radius 1 is 1.00 bits per heavy atom. The van der Waals surface area contributed by atoms with E-state index in [2.05, 4.69) is 0 Å². The normalized spacial score (nSPS) is 21.3. The Labute approximate surface area is 193 Å². The molecule has 1 saturated heterocycles. The lowest BCUT2D eigenvalue weighted by Gasteiger charge is -2.23. The van der Waals surface area contributed by atoms with Crippen LogP contribution in [-0.2, 0) is 30.8 Å². The molecule has 1 fully saturated rings. The zero-order valence-corrected chi connectivity index (χ0v) is 18.8. The molecule has 4 nitrogen and oxygen atoms in total. The molecule has 180 valence electrons. The number of rotatable bonds is 6. The summed E-state index contributed by atoms with van der Waals surface area (Å²) in [7, 11) is -4.39. The van der Waals surface area contributed by atoms with Gasteiger partial charge in [0.1, 0.15) is 23.8 Å². The molecule has 0 N–H and O–H groups in total. The first kappa shape index (κ1) is 24.3. The largest absolute Gasteiger partial charge is 0.416 e. The minimum atomic E-state index is -4.74. The van der Waals surface area contributed by atoms with Crippen LogP contribution in [0.25, 0.3) is 0 Å². The van der Waals surface area contributed by atoms with Crippen LogP contribution in [0.2, 0.25) is 0 Å². The van der Waals surface area contributed by atoms with E-state index >= 15 is 0 Å². The molecule has 4 rings (SSSR count). The lowest BCUT2D eigenvalue weighted by molar-refractivity contribution is -0.138. The van der Waals surface area contributed by atoms with E-state index in [1.807, 2.05) is 0 Å². The van der Waals surface area contributed by atoms with Crippen molar-refractivity contribution in [2.45, 2.75) is 42.7 Å². The Morgan fingerprint density at radius 3 is 2.26 bits per heavy atom. The molecule has 0 radical (unpaired) electrons. The van der Waals surface area contributed by atoms with E-state index in [1.165, 1.54) is 31.2 Å². The summed E-state index contributed by atoms with van der Waals surface area (Å²) in [5.74, 6) is -2.01. The third-order valence-corrected chi connectivity index (χ3v) is 7.12. The van der Waals surface area contributed by atoms with E-state index < -0.39 is 51.3 Å². The maximum atomic E-state index is 14.8. The van der Waals surface area contributed by atoms with Crippen molar-refractivity contribution in [2.75, 3.05) is 0 Å². The number of hydrogen-bond acceptors (Lipinski definition) is 4. The number of hydrogen-bond donors (Lipinski definition) is 0. The van der Waals surface area contributed by atoms with Crippen molar-refractivity contribution >= 4 is 10.1 Å². The second kappa shape index (κ2) is 8.44. The van der Waals surface area contributed by atoms with Crippen molar-refractivity contribution in [3.8, 4) is 0 Å². The lowest BCUT2D eigenvalue weighted by Crippen LogP contribution is -2.32. The quantitative estimate of drug-likeness (QED) is 0.236. The van der Waals surface area contributed by atoms with Crippen LogP contribution in [0.15, 0.2) is 71.6 Å². The molecule has 0 aromatic heterocycles. The fourth-order valence-corrected chi connectivity index (χ4v) is 5.10. The zero-order chi connectivity index (χ0) is 24.9. The monoisotopic (exact) mass is 498 g/mol. The minimum Gasteiger partial charge on any atom is -0.353 e. The molecular formula is C24H19F5O4S. The Balaban J connectivity index is 1.79. The van der Waals surface area contributed by atoms with Crippen molar-refractivity contribution in [2.24, 2.45) is 0 Å². The summed E-state index contributed by atoms with van der Waals surface area (Å²) in [6.45, 7) is 3.01. The maximum Gasteiger partial charge on any atom is 0.416 e. The van der Waals surface area contributed by atoms with Gasteiger partial charge in [-0.3, -0.25) is 4.18 Å². The summed E-state index contributed by atoms with van der Waals surface area (Å²) < 4.78 is 106. The van der Waals surface area contributed by atoms with E-state index in [0.29, 0.717) is 6.07 Å². The van der Waals surface area contributed by atoms with Gasteiger partial charge in [0.25, 0.3) is 10.1 Å². The summed E-state index contributed by atoms with van der Waals surface area (Å²) >= 11 is 0. The molecule has 3 unspecified atom stereocenters. The minimum absolute atomic E-state index is 0.187. The highest BCUT2D eigenvalue weighted by atomic mass is 32.2. The summed E-state index contributed by atoms with van der Waals surface area (Å²) in [6, 6.07) is 12.7. The molecule has 1 heterocycles. The Hall–Kier alpha value is -2.82. The molecule has 34 heavy (non-hydrogen) atoms. The van der Waals surface area contributed by atoms with Gasteiger partial charge in [-0.25, -0.2) is 8.78 Å². The van der Waals surface area contributed by atoms with Crippen molar-refractivity contribution in [3.05, 3.63) is 101 Å². The van der Waals surface area contributed by atoms with Crippen molar-refractivity contribution in [3.63, 3.8) is 0 Å². The number of benzene rings is 3. The Bertz CT molecular complexity index is 1320. The number of halogens is 5. The van der Waals surface area contributed by atoms with Crippen LogP contribution in [0.1, 0.15) is 35.3 Å². The van der Waals surface area contributed by atoms with E-state index in [4.69, 9.17) is 8.92 Å². The molecule has 0 bridgehead atoms. The maximum absolute atomic E-state index is 14.8. The van der Waals surface area contributed by atoms with E-state index in [9.17, 15) is 30.4 Å². The van der Waals surface area contributed by atoms with Gasteiger partial charge in [-0.05, 0) is 43.7 Å². The predicted octanol–water partition coefficient (Wildman–Crippen LogP) is 6.05. The molecule has 0 amide bonds. The fourth-order valence-electron chi connectivity index (χ4n) is 4.00. The van der Waals surface area contributed by atoms with Gasteiger partial charge in [0, 0.05) is 11.6 Å². The highest BCUT2D eigenvalue weighted by Gasteiger charge is 2.66. The fraction of sp³-hybridized carbons (Fsp3) is 0.250. The van der Waals surface area contributed by atoms with Gasteiger partial charge < -0.3 is 4.74 Å². The highest BCUT2D eigenvalue weighted by molar-refractivity contribution is 7.86. The van der Waals surface area contributed by atoms with Gasteiger partial charge in [0.05, 0.1) is 10.5 Å². The van der Waals surface area contributed by atoms with Gasteiger partial charge >= 0.3 is 6.18 Å².